The number of nitrogens with zero attached hydrogens (tertiary/aromatic N) is 2. The molecular weight excluding hydrogens is 387 g/mol. The van der Waals surface area contributed by atoms with Crippen molar-refractivity contribution in [1.82, 2.24) is 9.80 Å². The predicted octanol–water partition coefficient (Wildman–Crippen LogP) is 3.64. The van der Waals surface area contributed by atoms with E-state index in [9.17, 15) is 14.0 Å². The van der Waals surface area contributed by atoms with Gasteiger partial charge in [0.25, 0.3) is 5.91 Å². The van der Waals surface area contributed by atoms with Gasteiger partial charge in [-0.25, -0.2) is 4.39 Å². The van der Waals surface area contributed by atoms with Crippen LogP contribution in [0.25, 0.3) is 22.1 Å². The summed E-state index contributed by atoms with van der Waals surface area (Å²) in [4.78, 5) is 29.4. The topological polar surface area (TPSA) is 66.9 Å². The molecule has 5 rings (SSSR count). The fraction of sp³-hybridized carbons (Fsp3) is 0.217. The zero-order valence-electron chi connectivity index (χ0n) is 16.1. The summed E-state index contributed by atoms with van der Waals surface area (Å²) in [5.41, 5.74) is 0.848. The van der Waals surface area contributed by atoms with Crippen LogP contribution in [0.3, 0.4) is 0 Å². The van der Waals surface area contributed by atoms with Crippen LogP contribution in [-0.2, 0) is 6.54 Å². The van der Waals surface area contributed by atoms with Gasteiger partial charge in [-0.05, 0) is 18.2 Å². The number of piperazine rings is 1. The first-order chi connectivity index (χ1) is 14.6. The molecule has 6 nitrogen and oxygen atoms in total. The first-order valence-corrected chi connectivity index (χ1v) is 9.80. The third-order valence-corrected chi connectivity index (χ3v) is 5.50. The van der Waals surface area contributed by atoms with E-state index in [0.717, 1.165) is 0 Å². The van der Waals surface area contributed by atoms with Crippen LogP contribution in [0.15, 0.2) is 68.2 Å². The second-order valence-corrected chi connectivity index (χ2v) is 7.40. The van der Waals surface area contributed by atoms with Crippen LogP contribution in [0.4, 0.5) is 4.39 Å². The zero-order chi connectivity index (χ0) is 20.7. The van der Waals surface area contributed by atoms with Crippen molar-refractivity contribution in [2.75, 3.05) is 26.2 Å². The molecule has 2 aromatic carbocycles. The highest BCUT2D eigenvalue weighted by atomic mass is 19.1. The number of hydrogen-bond acceptors (Lipinski definition) is 5. The summed E-state index contributed by atoms with van der Waals surface area (Å²) < 4.78 is 25.1. The lowest BCUT2D eigenvalue weighted by Gasteiger charge is -2.34. The van der Waals surface area contributed by atoms with Crippen LogP contribution in [0, 0.1) is 5.82 Å². The first-order valence-electron chi connectivity index (χ1n) is 9.80. The van der Waals surface area contributed by atoms with Crippen molar-refractivity contribution < 1.29 is 18.0 Å². The Morgan fingerprint density at radius 2 is 1.67 bits per heavy atom. The highest BCUT2D eigenvalue weighted by Gasteiger charge is 2.26. The zero-order valence-corrected chi connectivity index (χ0v) is 16.1. The number of rotatable bonds is 3. The van der Waals surface area contributed by atoms with Crippen molar-refractivity contribution in [1.29, 1.82) is 0 Å². The Bertz CT molecular complexity index is 1300. The van der Waals surface area contributed by atoms with Gasteiger partial charge in [-0.1, -0.05) is 30.3 Å². The largest absolute Gasteiger partial charge is 0.425 e. The minimum Gasteiger partial charge on any atom is -0.425 e. The lowest BCUT2D eigenvalue weighted by Crippen LogP contribution is -2.48. The molecule has 0 saturated carbocycles. The summed E-state index contributed by atoms with van der Waals surface area (Å²) in [7, 11) is 0. The van der Waals surface area contributed by atoms with Gasteiger partial charge in [0.1, 0.15) is 16.8 Å². The van der Waals surface area contributed by atoms with E-state index in [1.54, 1.807) is 41.3 Å². The summed E-state index contributed by atoms with van der Waals surface area (Å²) in [6.07, 6.45) is 0. The van der Waals surface area contributed by atoms with Crippen molar-refractivity contribution in [3.8, 4) is 0 Å². The van der Waals surface area contributed by atoms with Gasteiger partial charge in [0.15, 0.2) is 5.76 Å². The minimum absolute atomic E-state index is 0.0558. The molecule has 0 bridgehead atoms. The average molecular weight is 406 g/mol. The van der Waals surface area contributed by atoms with E-state index < -0.39 is 0 Å². The fourth-order valence-corrected chi connectivity index (χ4v) is 3.83. The molecule has 1 saturated heterocycles. The molecule has 0 unspecified atom stereocenters. The standard InChI is InChI=1S/C23H19FN2O4/c24-18-7-3-1-5-15(18)14-25-9-11-26(12-10-25)22(28)20-13-17-21(27)16-6-2-4-8-19(16)29-23(17)30-20/h1-8,13H,9-12,14H2. The molecule has 1 aliphatic heterocycles. The van der Waals surface area contributed by atoms with E-state index in [1.165, 1.54) is 12.1 Å². The van der Waals surface area contributed by atoms with Crippen LogP contribution in [0.1, 0.15) is 16.1 Å². The number of benzene rings is 2. The molecule has 0 N–H and O–H groups in total. The van der Waals surface area contributed by atoms with Gasteiger partial charge >= 0.3 is 5.78 Å². The number of carbonyl (C=O) groups is 1. The Morgan fingerprint density at radius 1 is 0.933 bits per heavy atom. The molecule has 7 heteroatoms. The molecule has 1 amide bonds. The summed E-state index contributed by atoms with van der Waals surface area (Å²) in [5.74, 6) is -0.359. The number of hydrogen-bond donors (Lipinski definition) is 0. The fourth-order valence-electron chi connectivity index (χ4n) is 3.83. The van der Waals surface area contributed by atoms with Crippen molar-refractivity contribution in [3.05, 3.63) is 82.0 Å². The average Bonchev–Trinajstić information content (AvgIpc) is 3.20. The van der Waals surface area contributed by atoms with E-state index in [1.807, 2.05) is 6.07 Å². The maximum atomic E-state index is 13.9. The maximum absolute atomic E-state index is 13.9. The van der Waals surface area contributed by atoms with Crippen LogP contribution < -0.4 is 5.43 Å². The SMILES string of the molecule is O=C(c1cc2c(=O)c3ccccc3oc2o1)N1CCN(Cc2ccccc2F)CC1. The molecule has 0 aliphatic carbocycles. The Balaban J connectivity index is 1.32. The van der Waals surface area contributed by atoms with E-state index in [-0.39, 0.29) is 34.1 Å². The molecule has 152 valence electrons. The summed E-state index contributed by atoms with van der Waals surface area (Å²) in [5, 5.41) is 0.710. The van der Waals surface area contributed by atoms with Crippen LogP contribution in [-0.4, -0.2) is 41.9 Å². The van der Waals surface area contributed by atoms with Crippen molar-refractivity contribution in [2.24, 2.45) is 0 Å². The Labute approximate surface area is 171 Å². The number of fused-ring (bicyclic) bond motifs is 2. The molecule has 30 heavy (non-hydrogen) atoms. The first kappa shape index (κ1) is 18.6. The monoisotopic (exact) mass is 406 g/mol. The molecule has 1 fully saturated rings. The van der Waals surface area contributed by atoms with Crippen LogP contribution >= 0.6 is 0 Å². The number of furan rings is 1. The summed E-state index contributed by atoms with van der Waals surface area (Å²) in [6.45, 7) is 2.74. The Hall–Kier alpha value is -3.45. The molecule has 0 spiro atoms. The highest BCUT2D eigenvalue weighted by Crippen LogP contribution is 2.23. The van der Waals surface area contributed by atoms with Crippen LogP contribution in [0.5, 0.6) is 0 Å². The van der Waals surface area contributed by atoms with Crippen LogP contribution in [0.2, 0.25) is 0 Å². The minimum atomic E-state index is -0.282. The number of halogens is 1. The number of para-hydroxylation sites is 1. The van der Waals surface area contributed by atoms with Crippen molar-refractivity contribution >= 4 is 28.0 Å². The lowest BCUT2D eigenvalue weighted by molar-refractivity contribution is 0.0597. The van der Waals surface area contributed by atoms with Gasteiger partial charge < -0.3 is 13.7 Å². The predicted molar refractivity (Wildman–Crippen MR) is 110 cm³/mol. The van der Waals surface area contributed by atoms with Gasteiger partial charge in [0.05, 0.1) is 5.39 Å². The second-order valence-electron chi connectivity index (χ2n) is 7.40. The van der Waals surface area contributed by atoms with E-state index in [0.29, 0.717) is 49.3 Å². The van der Waals surface area contributed by atoms with Gasteiger partial charge in [-0.2, -0.15) is 0 Å². The van der Waals surface area contributed by atoms with E-state index >= 15 is 0 Å². The third-order valence-electron chi connectivity index (χ3n) is 5.50. The second kappa shape index (κ2) is 7.42. The molecule has 2 aromatic heterocycles. The van der Waals surface area contributed by atoms with E-state index in [2.05, 4.69) is 4.90 Å². The highest BCUT2D eigenvalue weighted by molar-refractivity contribution is 5.97. The summed E-state index contributed by atoms with van der Waals surface area (Å²) in [6, 6.07) is 15.1. The molecule has 4 aromatic rings. The van der Waals surface area contributed by atoms with Gasteiger partial charge in [-0.3, -0.25) is 14.5 Å². The maximum Gasteiger partial charge on any atom is 0.302 e. The normalized spacial score (nSPS) is 15.2. The third kappa shape index (κ3) is 3.27. The molecule has 3 heterocycles. The molecule has 0 atom stereocenters. The Kier molecular flexibility index (Phi) is 4.59. The van der Waals surface area contributed by atoms with Crippen molar-refractivity contribution in [3.63, 3.8) is 0 Å². The van der Waals surface area contributed by atoms with Gasteiger partial charge in [0.2, 0.25) is 5.43 Å². The van der Waals surface area contributed by atoms with Gasteiger partial charge in [0, 0.05) is 44.4 Å². The Morgan fingerprint density at radius 3 is 2.47 bits per heavy atom. The van der Waals surface area contributed by atoms with Crippen molar-refractivity contribution in [2.45, 2.75) is 6.54 Å². The quantitative estimate of drug-likeness (QED) is 0.520. The van der Waals surface area contributed by atoms with Gasteiger partial charge in [-0.15, -0.1) is 0 Å². The smallest absolute Gasteiger partial charge is 0.302 e. The lowest BCUT2D eigenvalue weighted by atomic mass is 10.2. The molecule has 1 aliphatic rings. The number of carbonyl (C=O) groups excluding carboxylic acids is 1. The number of amides is 1. The van der Waals surface area contributed by atoms with E-state index in [4.69, 9.17) is 8.83 Å². The molecular formula is C23H19FN2O4. The molecule has 0 radical (unpaired) electrons. The summed E-state index contributed by atoms with van der Waals surface area (Å²) >= 11 is 0.